The van der Waals surface area contributed by atoms with E-state index in [1.807, 2.05) is 0 Å². The minimum atomic E-state index is 0.981. The fraction of sp³-hybridized carbons (Fsp3) is 1.00. The number of hydrogen-bond acceptors (Lipinski definition) is 2. The number of fused-ring (bicyclic) bond motifs is 2. The van der Waals surface area contributed by atoms with Crippen molar-refractivity contribution in [2.75, 3.05) is 26.2 Å². The van der Waals surface area contributed by atoms with Gasteiger partial charge in [0.05, 0.1) is 0 Å². The van der Waals surface area contributed by atoms with Gasteiger partial charge >= 0.3 is 0 Å². The first-order valence-corrected chi connectivity index (χ1v) is 10.8. The van der Waals surface area contributed by atoms with E-state index in [0.29, 0.717) is 0 Å². The number of piperazine rings is 1. The largest absolute Gasteiger partial charge is 0.298 e. The van der Waals surface area contributed by atoms with Crippen molar-refractivity contribution in [2.45, 2.75) is 69.9 Å². The van der Waals surface area contributed by atoms with Crippen LogP contribution in [0.1, 0.15) is 57.8 Å². The van der Waals surface area contributed by atoms with Crippen LogP contribution in [-0.4, -0.2) is 48.1 Å². The maximum Gasteiger partial charge on any atom is 0.0153 e. The molecule has 2 heteroatoms. The van der Waals surface area contributed by atoms with Crippen molar-refractivity contribution in [2.24, 2.45) is 35.5 Å². The molecule has 3 atom stereocenters. The summed E-state index contributed by atoms with van der Waals surface area (Å²) in [4.78, 5) is 5.88. The van der Waals surface area contributed by atoms with E-state index in [1.54, 1.807) is 57.8 Å². The molecule has 0 amide bonds. The average molecular weight is 315 g/mol. The Hall–Kier alpha value is -0.0800. The third-order valence-corrected chi connectivity index (χ3v) is 9.12. The van der Waals surface area contributed by atoms with Crippen molar-refractivity contribution in [3.63, 3.8) is 0 Å². The molecule has 6 saturated carbocycles. The Morgan fingerprint density at radius 1 is 0.478 bits per heavy atom. The van der Waals surface area contributed by atoms with Gasteiger partial charge in [-0.1, -0.05) is 6.42 Å². The van der Waals surface area contributed by atoms with Crippen LogP contribution in [0.4, 0.5) is 0 Å². The number of hydrogen-bond donors (Lipinski definition) is 0. The van der Waals surface area contributed by atoms with E-state index in [4.69, 9.17) is 0 Å². The SMILES string of the molecule is C1C2CC3CC1CC(C2)C3N1CCN([C@H]2C[C@@H]3CC[C@@H]2C3)CC1. The molecule has 0 aromatic rings. The molecule has 1 aliphatic heterocycles. The third-order valence-electron chi connectivity index (χ3n) is 9.12. The fourth-order valence-corrected chi connectivity index (χ4v) is 8.52. The second-order valence-electron chi connectivity index (χ2n) is 10.2. The van der Waals surface area contributed by atoms with E-state index < -0.39 is 0 Å². The lowest BCUT2D eigenvalue weighted by atomic mass is 9.54. The zero-order valence-electron chi connectivity index (χ0n) is 14.7. The Morgan fingerprint density at radius 3 is 1.65 bits per heavy atom. The van der Waals surface area contributed by atoms with Crippen LogP contribution in [0.5, 0.6) is 0 Å². The fourth-order valence-electron chi connectivity index (χ4n) is 8.52. The monoisotopic (exact) mass is 314 g/mol. The highest BCUT2D eigenvalue weighted by molar-refractivity contribution is 5.03. The maximum absolute atomic E-state index is 2.97. The third kappa shape index (κ3) is 2.20. The standard InChI is InChI=1S/C21H34N2/c1-2-17-8-14(1)13-20(17)22-3-5-23(6-4-22)21-18-9-15-7-16(11-18)12-19(21)10-15/h14-21H,1-13H2/t14-,15?,16?,17-,18?,19?,20+,21?/m1/s1. The Labute approximate surface area is 142 Å². The van der Waals surface area contributed by atoms with Gasteiger partial charge in [-0.3, -0.25) is 9.80 Å². The van der Waals surface area contributed by atoms with Crippen LogP contribution >= 0.6 is 0 Å². The molecule has 6 aliphatic carbocycles. The van der Waals surface area contributed by atoms with E-state index in [-0.39, 0.29) is 0 Å². The van der Waals surface area contributed by atoms with Crippen molar-refractivity contribution in [3.8, 4) is 0 Å². The zero-order valence-corrected chi connectivity index (χ0v) is 14.7. The normalized spacial score (nSPS) is 55.8. The van der Waals surface area contributed by atoms with Gasteiger partial charge in [-0.05, 0) is 86.9 Å². The van der Waals surface area contributed by atoms with Gasteiger partial charge in [0.2, 0.25) is 0 Å². The zero-order chi connectivity index (χ0) is 15.0. The van der Waals surface area contributed by atoms with E-state index in [1.165, 1.54) is 26.2 Å². The Morgan fingerprint density at radius 2 is 1.09 bits per heavy atom. The molecule has 0 aromatic carbocycles. The lowest BCUT2D eigenvalue weighted by Crippen LogP contribution is -2.61. The van der Waals surface area contributed by atoms with Gasteiger partial charge in [0, 0.05) is 38.3 Å². The molecule has 23 heavy (non-hydrogen) atoms. The first kappa shape index (κ1) is 14.1. The summed E-state index contributed by atoms with van der Waals surface area (Å²) in [5.74, 6) is 6.61. The van der Waals surface area contributed by atoms with Gasteiger partial charge in [0.15, 0.2) is 0 Å². The molecule has 7 rings (SSSR count). The minimum absolute atomic E-state index is 0.981. The van der Waals surface area contributed by atoms with Gasteiger partial charge in [-0.25, -0.2) is 0 Å². The molecule has 7 aliphatic rings. The lowest BCUT2D eigenvalue weighted by molar-refractivity contribution is -0.0805. The van der Waals surface area contributed by atoms with Crippen LogP contribution in [0.2, 0.25) is 0 Å². The predicted molar refractivity (Wildman–Crippen MR) is 93.2 cm³/mol. The predicted octanol–water partition coefficient (Wildman–Crippen LogP) is 3.62. The Bertz CT molecular complexity index is 438. The van der Waals surface area contributed by atoms with Crippen LogP contribution in [-0.2, 0) is 0 Å². The summed E-state index contributed by atoms with van der Waals surface area (Å²) in [6, 6.07) is 1.97. The number of nitrogens with zero attached hydrogens (tertiary/aromatic N) is 2. The molecule has 6 bridgehead atoms. The molecule has 0 unspecified atom stereocenters. The van der Waals surface area contributed by atoms with Gasteiger partial charge in [0.25, 0.3) is 0 Å². The average Bonchev–Trinajstić information content (AvgIpc) is 3.17. The summed E-state index contributed by atoms with van der Waals surface area (Å²) in [6.07, 6.45) is 14.2. The summed E-state index contributed by atoms with van der Waals surface area (Å²) in [5, 5.41) is 0. The highest BCUT2D eigenvalue weighted by Gasteiger charge is 2.51. The summed E-state index contributed by atoms with van der Waals surface area (Å²) in [5.41, 5.74) is 0. The van der Waals surface area contributed by atoms with Crippen LogP contribution in [0.15, 0.2) is 0 Å². The molecule has 128 valence electrons. The topological polar surface area (TPSA) is 6.48 Å². The minimum Gasteiger partial charge on any atom is -0.298 e. The van der Waals surface area contributed by atoms with Gasteiger partial charge in [-0.15, -0.1) is 0 Å². The van der Waals surface area contributed by atoms with Crippen LogP contribution < -0.4 is 0 Å². The highest BCUT2D eigenvalue weighted by Crippen LogP contribution is 2.55. The van der Waals surface area contributed by atoms with E-state index >= 15 is 0 Å². The van der Waals surface area contributed by atoms with Crippen molar-refractivity contribution in [3.05, 3.63) is 0 Å². The van der Waals surface area contributed by atoms with Crippen molar-refractivity contribution >= 4 is 0 Å². The lowest BCUT2D eigenvalue weighted by Gasteiger charge is -2.58. The molecular weight excluding hydrogens is 280 g/mol. The summed E-state index contributed by atoms with van der Waals surface area (Å²) < 4.78 is 0. The first-order valence-electron chi connectivity index (χ1n) is 10.8. The van der Waals surface area contributed by atoms with E-state index in [0.717, 1.165) is 47.6 Å². The summed E-state index contributed by atoms with van der Waals surface area (Å²) >= 11 is 0. The summed E-state index contributed by atoms with van der Waals surface area (Å²) in [6.45, 7) is 5.55. The van der Waals surface area contributed by atoms with Crippen molar-refractivity contribution in [1.82, 2.24) is 9.80 Å². The Kier molecular flexibility index (Phi) is 3.20. The highest BCUT2D eigenvalue weighted by atomic mass is 15.3. The second-order valence-corrected chi connectivity index (χ2v) is 10.2. The molecule has 1 heterocycles. The molecule has 0 N–H and O–H groups in total. The van der Waals surface area contributed by atoms with E-state index in [2.05, 4.69) is 9.80 Å². The molecule has 0 spiro atoms. The van der Waals surface area contributed by atoms with Crippen molar-refractivity contribution in [1.29, 1.82) is 0 Å². The maximum atomic E-state index is 2.97. The molecule has 1 saturated heterocycles. The van der Waals surface area contributed by atoms with Gasteiger partial charge < -0.3 is 0 Å². The molecule has 0 radical (unpaired) electrons. The van der Waals surface area contributed by atoms with Crippen LogP contribution in [0.25, 0.3) is 0 Å². The molecule has 0 aromatic heterocycles. The van der Waals surface area contributed by atoms with Crippen LogP contribution in [0.3, 0.4) is 0 Å². The van der Waals surface area contributed by atoms with Crippen LogP contribution in [0, 0.1) is 35.5 Å². The molecule has 2 nitrogen and oxygen atoms in total. The summed E-state index contributed by atoms with van der Waals surface area (Å²) in [7, 11) is 0. The van der Waals surface area contributed by atoms with Gasteiger partial charge in [-0.2, -0.15) is 0 Å². The quantitative estimate of drug-likeness (QED) is 0.768. The molecule has 7 fully saturated rings. The van der Waals surface area contributed by atoms with Crippen molar-refractivity contribution < 1.29 is 0 Å². The number of rotatable bonds is 2. The Balaban J connectivity index is 1.11. The first-order chi connectivity index (χ1) is 11.3. The smallest absolute Gasteiger partial charge is 0.0153 e. The molecular formula is C21H34N2. The second kappa shape index (κ2) is 5.21. The van der Waals surface area contributed by atoms with Gasteiger partial charge in [0.1, 0.15) is 0 Å². The van der Waals surface area contributed by atoms with E-state index in [9.17, 15) is 0 Å².